The summed E-state index contributed by atoms with van der Waals surface area (Å²) in [4.78, 5) is 0. The molecule has 1 atom stereocenters. The van der Waals surface area contributed by atoms with E-state index in [1.807, 2.05) is 0 Å². The van der Waals surface area contributed by atoms with Crippen LogP contribution in [0.4, 0.5) is 0 Å². The van der Waals surface area contributed by atoms with Gasteiger partial charge in [0, 0.05) is 15.7 Å². The van der Waals surface area contributed by atoms with Crippen molar-refractivity contribution in [2.24, 2.45) is 5.41 Å². The lowest BCUT2D eigenvalue weighted by molar-refractivity contribution is -0.120. The molecule has 0 aromatic rings. The first-order valence-corrected chi connectivity index (χ1v) is 5.44. The smallest absolute Gasteiger partial charge is 0.162 e. The molecule has 11 heavy (non-hydrogen) atoms. The van der Waals surface area contributed by atoms with Gasteiger partial charge < -0.3 is 9.47 Å². The Morgan fingerprint density at radius 3 is 2.18 bits per heavy atom. The van der Waals surface area contributed by atoms with Gasteiger partial charge in [-0.25, -0.2) is 0 Å². The van der Waals surface area contributed by atoms with Crippen molar-refractivity contribution in [3.05, 3.63) is 0 Å². The first kappa shape index (κ1) is 9.23. The van der Waals surface area contributed by atoms with Crippen LogP contribution in [0.5, 0.6) is 0 Å². The Kier molecular flexibility index (Phi) is 2.73. The minimum atomic E-state index is 0.0370. The lowest BCUT2D eigenvalue weighted by Gasteiger charge is -2.33. The van der Waals surface area contributed by atoms with Crippen LogP contribution in [0, 0.1) is 5.41 Å². The molecule has 0 N–H and O–H groups in total. The Morgan fingerprint density at radius 1 is 1.36 bits per heavy atom. The fourth-order valence-electron chi connectivity index (χ4n) is 1.06. The first-order valence-electron chi connectivity index (χ1n) is 4.28. The lowest BCUT2D eigenvalue weighted by atomic mass is 9.89. The molecule has 0 saturated carbocycles. The fraction of sp³-hybridized carbons (Fsp3) is 1.00. The van der Waals surface area contributed by atoms with Gasteiger partial charge in [-0.3, -0.25) is 0 Å². The van der Waals surface area contributed by atoms with Crippen molar-refractivity contribution in [2.45, 2.75) is 32.6 Å². The zero-order valence-electron chi connectivity index (χ0n) is 7.89. The Hall–Kier alpha value is 0.137. The van der Waals surface area contributed by atoms with E-state index in [2.05, 4.69) is 20.8 Å². The maximum atomic E-state index is 5.48. The van der Waals surface area contributed by atoms with Crippen LogP contribution < -0.4 is 0 Å². The molecule has 1 rings (SSSR count). The molecule has 1 fully saturated rings. The molecular formula is C8H18O2Si. The van der Waals surface area contributed by atoms with E-state index in [0.717, 1.165) is 18.8 Å². The van der Waals surface area contributed by atoms with Crippen LogP contribution in [0.3, 0.4) is 0 Å². The van der Waals surface area contributed by atoms with Crippen LogP contribution in [0.15, 0.2) is 0 Å². The van der Waals surface area contributed by atoms with E-state index in [-0.39, 0.29) is 11.7 Å². The van der Waals surface area contributed by atoms with E-state index >= 15 is 0 Å². The van der Waals surface area contributed by atoms with Gasteiger partial charge in [0.2, 0.25) is 0 Å². The van der Waals surface area contributed by atoms with E-state index in [1.165, 1.54) is 10.2 Å². The summed E-state index contributed by atoms with van der Waals surface area (Å²) < 4.78 is 11.0. The van der Waals surface area contributed by atoms with Crippen LogP contribution in [-0.2, 0) is 9.47 Å². The van der Waals surface area contributed by atoms with E-state index in [0.29, 0.717) is 0 Å². The zero-order chi connectivity index (χ0) is 8.48. The summed E-state index contributed by atoms with van der Waals surface area (Å²) in [7, 11) is 1.20. The summed E-state index contributed by atoms with van der Waals surface area (Å²) in [5, 5.41) is 0. The highest BCUT2D eigenvalue weighted by molar-refractivity contribution is 6.11. The van der Waals surface area contributed by atoms with Crippen molar-refractivity contribution in [2.75, 3.05) is 13.2 Å². The third-order valence-electron chi connectivity index (χ3n) is 2.72. The van der Waals surface area contributed by atoms with Crippen molar-refractivity contribution in [1.82, 2.24) is 0 Å². The number of rotatable bonds is 2. The summed E-state index contributed by atoms with van der Waals surface area (Å²) in [6, 6.07) is 0. The van der Waals surface area contributed by atoms with Gasteiger partial charge in [-0.15, -0.1) is 0 Å². The van der Waals surface area contributed by atoms with Crippen LogP contribution >= 0.6 is 0 Å². The molecule has 0 amide bonds. The van der Waals surface area contributed by atoms with Gasteiger partial charge in [-0.2, -0.15) is 0 Å². The zero-order valence-corrected chi connectivity index (χ0v) is 9.89. The van der Waals surface area contributed by atoms with Gasteiger partial charge in [-0.05, 0) is 5.54 Å². The Morgan fingerprint density at radius 2 is 1.82 bits per heavy atom. The summed E-state index contributed by atoms with van der Waals surface area (Å²) in [5.74, 6) is 0. The van der Waals surface area contributed by atoms with Gasteiger partial charge in [-0.1, -0.05) is 20.8 Å². The van der Waals surface area contributed by atoms with Crippen LogP contribution in [-0.4, -0.2) is 29.7 Å². The molecular weight excluding hydrogens is 156 g/mol. The number of hydrogen-bond donors (Lipinski definition) is 0. The van der Waals surface area contributed by atoms with E-state index < -0.39 is 0 Å². The second kappa shape index (κ2) is 3.25. The molecule has 0 radical (unpaired) electrons. The lowest BCUT2D eigenvalue weighted by Crippen LogP contribution is -2.33. The Balaban J connectivity index is 2.55. The van der Waals surface area contributed by atoms with Crippen molar-refractivity contribution >= 4 is 10.2 Å². The predicted molar refractivity (Wildman–Crippen MR) is 48.8 cm³/mol. The maximum absolute atomic E-state index is 5.48. The molecule has 1 aliphatic rings. The molecule has 1 heterocycles. The van der Waals surface area contributed by atoms with Crippen molar-refractivity contribution in [1.29, 1.82) is 0 Å². The number of ether oxygens (including phenoxy) is 2. The Labute approximate surface area is 71.7 Å². The molecule has 3 heteroatoms. The molecule has 0 aromatic carbocycles. The van der Waals surface area contributed by atoms with Gasteiger partial charge in [0.15, 0.2) is 6.29 Å². The molecule has 1 aliphatic heterocycles. The summed E-state index contributed by atoms with van der Waals surface area (Å²) in [5.41, 5.74) is 0.925. The van der Waals surface area contributed by atoms with Crippen LogP contribution in [0.2, 0.25) is 5.54 Å². The second-order valence-corrected chi connectivity index (χ2v) is 5.78. The van der Waals surface area contributed by atoms with E-state index in [4.69, 9.17) is 9.47 Å². The Bertz CT molecular complexity index is 128. The first-order chi connectivity index (χ1) is 5.05. The highest BCUT2D eigenvalue weighted by Gasteiger charge is 2.36. The molecule has 0 aromatic heterocycles. The quantitative estimate of drug-likeness (QED) is 0.570. The maximum Gasteiger partial charge on any atom is 0.162 e. The summed E-state index contributed by atoms with van der Waals surface area (Å²) in [6.45, 7) is 8.24. The minimum Gasteiger partial charge on any atom is -0.350 e. The van der Waals surface area contributed by atoms with Crippen LogP contribution in [0.1, 0.15) is 20.8 Å². The highest BCUT2D eigenvalue weighted by atomic mass is 28.1. The van der Waals surface area contributed by atoms with E-state index in [1.54, 1.807) is 0 Å². The molecule has 2 nitrogen and oxygen atoms in total. The third kappa shape index (κ3) is 1.83. The molecule has 0 aliphatic carbocycles. The SMILES string of the molecule is CC([SiH3])C(C)(C)C1OCCO1. The average Bonchev–Trinajstić information content (AvgIpc) is 2.37. The van der Waals surface area contributed by atoms with Gasteiger partial charge >= 0.3 is 0 Å². The topological polar surface area (TPSA) is 18.5 Å². The minimum absolute atomic E-state index is 0.0370. The molecule has 0 spiro atoms. The van der Waals surface area contributed by atoms with Crippen molar-refractivity contribution in [3.63, 3.8) is 0 Å². The summed E-state index contributed by atoms with van der Waals surface area (Å²) in [6.07, 6.45) is 0.0370. The molecule has 1 saturated heterocycles. The fourth-order valence-corrected chi connectivity index (χ4v) is 1.33. The summed E-state index contributed by atoms with van der Waals surface area (Å²) >= 11 is 0. The average molecular weight is 174 g/mol. The van der Waals surface area contributed by atoms with Gasteiger partial charge in [0.25, 0.3) is 0 Å². The van der Waals surface area contributed by atoms with Gasteiger partial charge in [0.05, 0.1) is 13.2 Å². The highest BCUT2D eigenvalue weighted by Crippen LogP contribution is 2.36. The monoisotopic (exact) mass is 174 g/mol. The van der Waals surface area contributed by atoms with Crippen LogP contribution in [0.25, 0.3) is 0 Å². The largest absolute Gasteiger partial charge is 0.350 e. The predicted octanol–water partition coefficient (Wildman–Crippen LogP) is 0.559. The molecule has 1 unspecified atom stereocenters. The van der Waals surface area contributed by atoms with E-state index in [9.17, 15) is 0 Å². The van der Waals surface area contributed by atoms with Crippen molar-refractivity contribution in [3.8, 4) is 0 Å². The second-order valence-electron chi connectivity index (χ2n) is 4.05. The standard InChI is InChI=1S/C8H18O2Si/c1-6(11)8(2,3)7-9-4-5-10-7/h6-7H,4-5H2,1-3,11H3. The van der Waals surface area contributed by atoms with Crippen molar-refractivity contribution < 1.29 is 9.47 Å². The third-order valence-corrected chi connectivity index (χ3v) is 4.21. The molecule has 0 bridgehead atoms. The van der Waals surface area contributed by atoms with Gasteiger partial charge in [0.1, 0.15) is 0 Å². The number of hydrogen-bond acceptors (Lipinski definition) is 2. The molecule has 66 valence electrons. The normalized spacial score (nSPS) is 24.3.